The Morgan fingerprint density at radius 2 is 0.643 bits per heavy atom. The van der Waals surface area contributed by atoms with Gasteiger partial charge in [0.2, 0.25) is 0 Å². The third-order valence-corrected chi connectivity index (χ3v) is 19.5. The first-order valence-corrected chi connectivity index (χ1v) is 26.2. The highest BCUT2D eigenvalue weighted by atomic mass is 28.3. The summed E-state index contributed by atoms with van der Waals surface area (Å²) < 4.78 is 7.56. The average molecular weight is 908 g/mol. The zero-order valence-corrected chi connectivity index (χ0v) is 39.3. The Kier molecular flexibility index (Phi) is 9.23. The van der Waals surface area contributed by atoms with Crippen LogP contribution in [-0.2, 0) is 0 Å². The third kappa shape index (κ3) is 6.00. The zero-order valence-electron chi connectivity index (χ0n) is 38.3. The molecule has 0 bridgehead atoms. The van der Waals surface area contributed by atoms with E-state index in [1.165, 1.54) is 86.3 Å². The van der Waals surface area contributed by atoms with E-state index < -0.39 is 8.07 Å². The predicted octanol–water partition coefficient (Wildman–Crippen LogP) is 14.0. The van der Waals surface area contributed by atoms with Crippen LogP contribution in [0.15, 0.2) is 273 Å². The number of hydrogen-bond donors (Lipinski definition) is 0. The lowest BCUT2D eigenvalue weighted by Gasteiger charge is -2.35. The molecule has 0 amide bonds. The second kappa shape index (κ2) is 16.1. The van der Waals surface area contributed by atoms with Gasteiger partial charge >= 0.3 is 0 Å². The van der Waals surface area contributed by atoms with Crippen LogP contribution < -0.4 is 20.7 Å². The average Bonchev–Trinajstić information content (AvgIpc) is 4.08. The summed E-state index contributed by atoms with van der Waals surface area (Å²) in [7, 11) is -3.01. The van der Waals surface area contributed by atoms with Gasteiger partial charge in [-0.25, -0.2) is 0 Å². The smallest absolute Gasteiger partial charge is 0.179 e. The van der Waals surface area contributed by atoms with E-state index in [1.54, 1.807) is 0 Å². The quantitative estimate of drug-likeness (QED) is 0.107. The summed E-state index contributed by atoms with van der Waals surface area (Å²) in [5, 5.41) is 12.7. The van der Waals surface area contributed by atoms with Crippen LogP contribution >= 0.6 is 0 Å². The molecule has 0 atom stereocenters. The van der Waals surface area contributed by atoms with Crippen molar-refractivity contribution in [3.05, 3.63) is 273 Å². The maximum atomic E-state index is 2.57. The van der Waals surface area contributed by atoms with E-state index in [1.807, 2.05) is 0 Å². The highest BCUT2D eigenvalue weighted by Gasteiger charge is 2.42. The van der Waals surface area contributed by atoms with E-state index in [4.69, 9.17) is 0 Å². The number of benzene rings is 11. The summed E-state index contributed by atoms with van der Waals surface area (Å²) in [4.78, 5) is 0. The van der Waals surface area contributed by atoms with Gasteiger partial charge in [0, 0.05) is 43.7 Å². The maximum absolute atomic E-state index is 3.01. The monoisotopic (exact) mass is 907 g/mol. The zero-order chi connectivity index (χ0) is 46.2. The summed E-state index contributed by atoms with van der Waals surface area (Å²) in [6.45, 7) is 0. The lowest BCUT2D eigenvalue weighted by atomic mass is 10.1. The normalized spacial score (nSPS) is 12.0. The van der Waals surface area contributed by atoms with Gasteiger partial charge in [-0.15, -0.1) is 0 Å². The van der Waals surface area contributed by atoms with Crippen molar-refractivity contribution >= 4 is 94.2 Å². The van der Waals surface area contributed by atoms with E-state index in [-0.39, 0.29) is 0 Å². The Morgan fingerprint density at radius 1 is 0.229 bits per heavy atom. The minimum absolute atomic E-state index is 1.11. The minimum atomic E-state index is -3.01. The van der Waals surface area contributed by atoms with Crippen molar-refractivity contribution in [2.45, 2.75) is 0 Å². The van der Waals surface area contributed by atoms with Crippen LogP contribution in [0.1, 0.15) is 0 Å². The molecule has 11 aromatic carbocycles. The number of aromatic nitrogens is 3. The first-order chi connectivity index (χ1) is 34.8. The van der Waals surface area contributed by atoms with Gasteiger partial charge in [-0.1, -0.05) is 218 Å². The van der Waals surface area contributed by atoms with Crippen LogP contribution in [0.2, 0.25) is 0 Å². The van der Waals surface area contributed by atoms with Gasteiger partial charge in [0.1, 0.15) is 0 Å². The molecule has 14 aromatic rings. The molecule has 0 aliphatic rings. The van der Waals surface area contributed by atoms with E-state index in [0.29, 0.717) is 0 Å². The third-order valence-electron chi connectivity index (χ3n) is 14.7. The lowest BCUT2D eigenvalue weighted by Crippen LogP contribution is -2.74. The van der Waals surface area contributed by atoms with E-state index in [0.717, 1.165) is 28.1 Å². The summed E-state index contributed by atoms with van der Waals surface area (Å²) >= 11 is 0. The molecule has 0 radical (unpaired) electrons. The number of fused-ring (bicyclic) bond motifs is 9. The summed E-state index contributed by atoms with van der Waals surface area (Å²) in [6.07, 6.45) is 0. The molecule has 3 aromatic heterocycles. The fraction of sp³-hybridized carbons (Fsp3) is 0. The van der Waals surface area contributed by atoms with Crippen molar-refractivity contribution in [3.8, 4) is 28.2 Å². The van der Waals surface area contributed by atoms with Gasteiger partial charge in [-0.2, -0.15) is 0 Å². The van der Waals surface area contributed by atoms with Crippen LogP contribution in [0.25, 0.3) is 93.6 Å². The van der Waals surface area contributed by atoms with Crippen molar-refractivity contribution in [3.63, 3.8) is 0 Å². The molecule has 0 saturated heterocycles. The predicted molar refractivity (Wildman–Crippen MR) is 299 cm³/mol. The lowest BCUT2D eigenvalue weighted by molar-refractivity contribution is 1.13. The van der Waals surface area contributed by atoms with Gasteiger partial charge in [0.05, 0.1) is 38.8 Å². The molecule has 14 rings (SSSR count). The first-order valence-electron chi connectivity index (χ1n) is 24.2. The Morgan fingerprint density at radius 3 is 1.19 bits per heavy atom. The molecule has 0 unspecified atom stereocenters. The van der Waals surface area contributed by atoms with Crippen LogP contribution in [0.4, 0.5) is 0 Å². The highest BCUT2D eigenvalue weighted by Crippen LogP contribution is 2.41. The molecule has 0 aliphatic carbocycles. The van der Waals surface area contributed by atoms with Crippen LogP contribution in [0.5, 0.6) is 0 Å². The van der Waals surface area contributed by atoms with Gasteiger partial charge in [0.15, 0.2) is 8.07 Å². The fourth-order valence-electron chi connectivity index (χ4n) is 11.8. The second-order valence-electron chi connectivity index (χ2n) is 18.4. The molecular weight excluding hydrogens is 863 g/mol. The topological polar surface area (TPSA) is 14.8 Å². The molecule has 328 valence electrons. The number of para-hydroxylation sites is 4. The first kappa shape index (κ1) is 40.1. The summed E-state index contributed by atoms with van der Waals surface area (Å²) in [5.74, 6) is 0. The van der Waals surface area contributed by atoms with E-state index in [9.17, 15) is 0 Å². The Bertz CT molecular complexity index is 4130. The number of nitrogens with zero attached hydrogens (tertiary/aromatic N) is 3. The molecule has 3 heterocycles. The standard InChI is InChI=1S/C66H45N3Si/c1-5-22-46(23-6-1)47-24-21-25-48(42-47)67-60-36-17-13-34-56(60)58-41-40-49(43-64(58)67)68-61-37-18-16-35-57(61)59-44-53(45-65(66(59)68)69-62-38-19-14-32-54(62)55-33-15-20-39-63(55)69)70(50-26-7-2-8-27-50,51-28-9-3-10-29-51)52-30-11-4-12-31-52/h1-45H. The van der Waals surface area contributed by atoms with E-state index in [2.05, 4.69) is 287 Å². The van der Waals surface area contributed by atoms with Crippen molar-refractivity contribution in [2.75, 3.05) is 0 Å². The number of rotatable bonds is 8. The van der Waals surface area contributed by atoms with Crippen molar-refractivity contribution < 1.29 is 0 Å². The van der Waals surface area contributed by atoms with Crippen LogP contribution in [0, 0.1) is 0 Å². The maximum Gasteiger partial charge on any atom is 0.179 e. The molecule has 0 saturated carbocycles. The van der Waals surface area contributed by atoms with Gasteiger partial charge in [-0.05, 0) is 86.5 Å². The second-order valence-corrected chi connectivity index (χ2v) is 22.2. The largest absolute Gasteiger partial charge is 0.309 e. The highest BCUT2D eigenvalue weighted by molar-refractivity contribution is 7.20. The van der Waals surface area contributed by atoms with Gasteiger partial charge in [0.25, 0.3) is 0 Å². The fourth-order valence-corrected chi connectivity index (χ4v) is 16.6. The van der Waals surface area contributed by atoms with Crippen molar-refractivity contribution in [1.29, 1.82) is 0 Å². The molecule has 0 spiro atoms. The van der Waals surface area contributed by atoms with Gasteiger partial charge < -0.3 is 13.7 Å². The SMILES string of the molecule is c1ccc(-c2cccc(-n3c4ccccc4c4ccc(-n5c6ccccc6c6cc([Si](c7ccccc7)(c7ccccc7)c7ccccc7)cc(-n7c8ccccc8c8ccccc87)c65)cc43)c2)cc1. The molecule has 4 heteroatoms. The summed E-state index contributed by atoms with van der Waals surface area (Å²) in [5.41, 5.74) is 12.8. The Balaban J connectivity index is 1.14. The van der Waals surface area contributed by atoms with Crippen molar-refractivity contribution in [1.82, 2.24) is 13.7 Å². The number of hydrogen-bond acceptors (Lipinski definition) is 0. The molecule has 0 aliphatic heterocycles. The molecule has 0 N–H and O–H groups in total. The van der Waals surface area contributed by atoms with Crippen LogP contribution in [0.3, 0.4) is 0 Å². The van der Waals surface area contributed by atoms with Crippen LogP contribution in [-0.4, -0.2) is 21.8 Å². The minimum Gasteiger partial charge on any atom is -0.309 e. The molecule has 70 heavy (non-hydrogen) atoms. The molecular formula is C66H45N3Si. The molecule has 0 fully saturated rings. The Labute approximate surface area is 407 Å². The molecule has 3 nitrogen and oxygen atoms in total. The van der Waals surface area contributed by atoms with E-state index >= 15 is 0 Å². The van der Waals surface area contributed by atoms with Gasteiger partial charge in [-0.3, -0.25) is 0 Å². The summed E-state index contributed by atoms with van der Waals surface area (Å²) in [6, 6.07) is 102. The van der Waals surface area contributed by atoms with Crippen molar-refractivity contribution in [2.24, 2.45) is 0 Å². The Hall–Kier alpha value is -8.96.